The van der Waals surface area contributed by atoms with Crippen molar-refractivity contribution in [2.45, 2.75) is 6.92 Å². The highest BCUT2D eigenvalue weighted by Gasteiger charge is 2.14. The van der Waals surface area contributed by atoms with Crippen LogP contribution in [0.1, 0.15) is 22.8 Å². The van der Waals surface area contributed by atoms with Gasteiger partial charge in [-0.15, -0.1) is 0 Å². The van der Waals surface area contributed by atoms with Crippen LogP contribution < -0.4 is 5.43 Å². The number of carbonyl (C=O) groups is 1. The first kappa shape index (κ1) is 19.1. The fourth-order valence-corrected chi connectivity index (χ4v) is 3.09. The summed E-state index contributed by atoms with van der Waals surface area (Å²) in [5, 5.41) is 24.4. The number of amides is 1. The molecule has 0 unspecified atom stereocenters. The molecule has 3 N–H and O–H groups in total. The highest BCUT2D eigenvalue weighted by atomic mass is 16.3. The van der Waals surface area contributed by atoms with E-state index in [0.29, 0.717) is 33.4 Å². The largest absolute Gasteiger partial charge is 0.508 e. The summed E-state index contributed by atoms with van der Waals surface area (Å²) in [6, 6.07) is 16.8. The van der Waals surface area contributed by atoms with Crippen molar-refractivity contribution in [3.8, 4) is 22.8 Å². The number of rotatable bonds is 4. The minimum atomic E-state index is -0.419. The van der Waals surface area contributed by atoms with E-state index >= 15 is 0 Å². The van der Waals surface area contributed by atoms with E-state index in [1.807, 2.05) is 30.3 Å². The lowest BCUT2D eigenvalue weighted by Crippen LogP contribution is -2.20. The van der Waals surface area contributed by atoms with Gasteiger partial charge in [-0.3, -0.25) is 9.78 Å². The van der Waals surface area contributed by atoms with Gasteiger partial charge >= 0.3 is 0 Å². The van der Waals surface area contributed by atoms with E-state index in [-0.39, 0.29) is 11.5 Å². The lowest BCUT2D eigenvalue weighted by Gasteiger charge is -2.10. The number of nitrogens with zero attached hydrogens (tertiary/aromatic N) is 3. The van der Waals surface area contributed by atoms with Crippen molar-refractivity contribution in [1.82, 2.24) is 15.4 Å². The maximum absolute atomic E-state index is 13.0. The lowest BCUT2D eigenvalue weighted by atomic mass is 10.0. The van der Waals surface area contributed by atoms with Gasteiger partial charge in [0, 0.05) is 28.9 Å². The number of fused-ring (bicyclic) bond motifs is 1. The molecule has 0 aliphatic rings. The van der Waals surface area contributed by atoms with E-state index in [4.69, 9.17) is 0 Å². The average Bonchev–Trinajstić information content (AvgIpc) is 2.78. The minimum Gasteiger partial charge on any atom is -0.508 e. The molecule has 148 valence electrons. The molecule has 2 aromatic heterocycles. The third kappa shape index (κ3) is 3.81. The van der Waals surface area contributed by atoms with Crippen LogP contribution in [0.2, 0.25) is 0 Å². The Morgan fingerprint density at radius 2 is 1.83 bits per heavy atom. The third-order valence-corrected chi connectivity index (χ3v) is 4.61. The van der Waals surface area contributed by atoms with Crippen molar-refractivity contribution in [1.29, 1.82) is 0 Å². The molecule has 0 aliphatic carbocycles. The Balaban J connectivity index is 1.71. The molecule has 0 fully saturated rings. The summed E-state index contributed by atoms with van der Waals surface area (Å²) < 4.78 is 0. The number of nitrogens with one attached hydrogen (secondary N) is 1. The molecule has 0 saturated carbocycles. The summed E-state index contributed by atoms with van der Waals surface area (Å²) in [4.78, 5) is 21.7. The van der Waals surface area contributed by atoms with Gasteiger partial charge in [0.25, 0.3) is 5.91 Å². The number of hydrogen-bond acceptors (Lipinski definition) is 6. The molecule has 4 rings (SSSR count). The van der Waals surface area contributed by atoms with Gasteiger partial charge in [-0.1, -0.05) is 18.2 Å². The van der Waals surface area contributed by atoms with Crippen LogP contribution in [0.4, 0.5) is 0 Å². The standard InChI is InChI=1S/C23H18N4O3/c1-14(18-11-16(28)8-9-22(18)29)26-27-23(30)19-12-21(15-5-4-10-24-13-15)25-20-7-3-2-6-17(19)20/h2-13,28-29H,1H3,(H,27,30). The van der Waals surface area contributed by atoms with Gasteiger partial charge in [-0.2, -0.15) is 5.10 Å². The second-order valence-corrected chi connectivity index (χ2v) is 6.65. The van der Waals surface area contributed by atoms with Crippen LogP contribution in [0, 0.1) is 0 Å². The molecule has 30 heavy (non-hydrogen) atoms. The average molecular weight is 398 g/mol. The highest BCUT2D eigenvalue weighted by molar-refractivity contribution is 6.08. The Morgan fingerprint density at radius 1 is 1.00 bits per heavy atom. The highest BCUT2D eigenvalue weighted by Crippen LogP contribution is 2.25. The number of phenolic OH excluding ortho intramolecular Hbond substituents is 2. The number of aromatic nitrogens is 2. The van der Waals surface area contributed by atoms with Crippen LogP contribution in [-0.4, -0.2) is 31.8 Å². The van der Waals surface area contributed by atoms with E-state index in [1.165, 1.54) is 18.2 Å². The van der Waals surface area contributed by atoms with Gasteiger partial charge in [-0.05, 0) is 49.4 Å². The summed E-state index contributed by atoms with van der Waals surface area (Å²) in [5.74, 6) is -0.473. The smallest absolute Gasteiger partial charge is 0.272 e. The van der Waals surface area contributed by atoms with Crippen molar-refractivity contribution in [3.63, 3.8) is 0 Å². The quantitative estimate of drug-likeness (QED) is 0.275. The summed E-state index contributed by atoms with van der Waals surface area (Å²) in [6.45, 7) is 1.63. The van der Waals surface area contributed by atoms with Crippen molar-refractivity contribution in [2.75, 3.05) is 0 Å². The Kier molecular flexibility index (Phi) is 5.09. The molecule has 0 spiro atoms. The van der Waals surface area contributed by atoms with Crippen LogP contribution in [-0.2, 0) is 0 Å². The molecule has 2 heterocycles. The predicted molar refractivity (Wildman–Crippen MR) is 114 cm³/mol. The van der Waals surface area contributed by atoms with Gasteiger partial charge in [0.05, 0.1) is 22.5 Å². The van der Waals surface area contributed by atoms with E-state index in [2.05, 4.69) is 20.5 Å². The molecule has 7 nitrogen and oxygen atoms in total. The van der Waals surface area contributed by atoms with Crippen molar-refractivity contribution in [3.05, 3.63) is 84.2 Å². The van der Waals surface area contributed by atoms with E-state index in [9.17, 15) is 15.0 Å². The van der Waals surface area contributed by atoms with Crippen LogP contribution >= 0.6 is 0 Å². The zero-order chi connectivity index (χ0) is 21.1. The Bertz CT molecular complexity index is 1270. The Labute approximate surface area is 172 Å². The maximum Gasteiger partial charge on any atom is 0.272 e. The number of benzene rings is 2. The second-order valence-electron chi connectivity index (χ2n) is 6.65. The minimum absolute atomic E-state index is 0.00934. The number of hydrogen-bond donors (Lipinski definition) is 3. The molecule has 4 aromatic rings. The van der Waals surface area contributed by atoms with Crippen LogP contribution in [0.3, 0.4) is 0 Å². The van der Waals surface area contributed by atoms with Crippen molar-refractivity contribution in [2.24, 2.45) is 5.10 Å². The number of pyridine rings is 2. The maximum atomic E-state index is 13.0. The second kappa shape index (κ2) is 8.00. The van der Waals surface area contributed by atoms with E-state index in [1.54, 1.807) is 31.5 Å². The fraction of sp³-hybridized carbons (Fsp3) is 0.0435. The molecular formula is C23H18N4O3. The van der Waals surface area contributed by atoms with Gasteiger partial charge in [0.15, 0.2) is 0 Å². The van der Waals surface area contributed by atoms with Gasteiger partial charge in [-0.25, -0.2) is 10.4 Å². The Hall–Kier alpha value is -4.26. The topological polar surface area (TPSA) is 108 Å². The molecular weight excluding hydrogens is 380 g/mol. The summed E-state index contributed by atoms with van der Waals surface area (Å²) >= 11 is 0. The molecule has 1 amide bonds. The number of aromatic hydroxyl groups is 2. The normalized spacial score (nSPS) is 11.4. The van der Waals surface area contributed by atoms with Crippen LogP contribution in [0.25, 0.3) is 22.2 Å². The summed E-state index contributed by atoms with van der Waals surface area (Å²) in [5.41, 5.74) is 5.71. The molecule has 0 saturated heterocycles. The predicted octanol–water partition coefficient (Wildman–Crippen LogP) is 3.86. The number of para-hydroxylation sites is 1. The first-order valence-corrected chi connectivity index (χ1v) is 9.20. The van der Waals surface area contributed by atoms with E-state index < -0.39 is 5.91 Å². The van der Waals surface area contributed by atoms with Crippen LogP contribution in [0.5, 0.6) is 11.5 Å². The number of phenols is 2. The number of carbonyl (C=O) groups excluding carboxylic acids is 1. The zero-order valence-corrected chi connectivity index (χ0v) is 16.1. The van der Waals surface area contributed by atoms with E-state index in [0.717, 1.165) is 5.56 Å². The van der Waals surface area contributed by atoms with Gasteiger partial charge in [0.2, 0.25) is 0 Å². The molecule has 7 heteroatoms. The SMILES string of the molecule is CC(=NNC(=O)c1cc(-c2cccnc2)nc2ccccc12)c1cc(O)ccc1O. The third-order valence-electron chi connectivity index (χ3n) is 4.61. The fourth-order valence-electron chi connectivity index (χ4n) is 3.09. The molecule has 0 aliphatic heterocycles. The van der Waals surface area contributed by atoms with Gasteiger partial charge < -0.3 is 10.2 Å². The van der Waals surface area contributed by atoms with Crippen molar-refractivity contribution >= 4 is 22.5 Å². The van der Waals surface area contributed by atoms with Gasteiger partial charge in [0.1, 0.15) is 11.5 Å². The van der Waals surface area contributed by atoms with Crippen molar-refractivity contribution < 1.29 is 15.0 Å². The first-order chi connectivity index (χ1) is 14.5. The van der Waals surface area contributed by atoms with Crippen LogP contribution in [0.15, 0.2) is 78.2 Å². The first-order valence-electron chi connectivity index (χ1n) is 9.20. The molecule has 0 bridgehead atoms. The molecule has 2 aromatic carbocycles. The summed E-state index contributed by atoms with van der Waals surface area (Å²) in [7, 11) is 0. The molecule has 0 radical (unpaired) electrons. The summed E-state index contributed by atoms with van der Waals surface area (Å²) in [6.07, 6.45) is 3.36. The Morgan fingerprint density at radius 3 is 2.63 bits per heavy atom. The zero-order valence-electron chi connectivity index (χ0n) is 16.1. The number of hydrazone groups is 1. The molecule has 0 atom stereocenters. The monoisotopic (exact) mass is 398 g/mol. The lowest BCUT2D eigenvalue weighted by molar-refractivity contribution is 0.0956.